The molecule has 124 valence electrons. The second kappa shape index (κ2) is 6.31. The third kappa shape index (κ3) is 3.22. The van der Waals surface area contributed by atoms with Crippen LogP contribution in [-0.2, 0) is 12.7 Å². The number of hydrogen-bond donors (Lipinski definition) is 1. The summed E-state index contributed by atoms with van der Waals surface area (Å²) >= 11 is 0. The predicted octanol–water partition coefficient (Wildman–Crippen LogP) is 2.88. The molecule has 0 bridgehead atoms. The first-order chi connectivity index (χ1) is 11.5. The largest absolute Gasteiger partial charge is 0.449 e. The molecule has 24 heavy (non-hydrogen) atoms. The van der Waals surface area contributed by atoms with Gasteiger partial charge in [-0.05, 0) is 24.3 Å². The molecule has 3 rings (SSSR count). The van der Waals surface area contributed by atoms with Gasteiger partial charge < -0.3 is 9.88 Å². The number of halogens is 3. The van der Waals surface area contributed by atoms with Crippen molar-refractivity contribution in [3.05, 3.63) is 60.2 Å². The molecule has 0 saturated carbocycles. The van der Waals surface area contributed by atoms with Crippen LogP contribution in [0.25, 0.3) is 11.0 Å². The van der Waals surface area contributed by atoms with Gasteiger partial charge in [-0.2, -0.15) is 13.2 Å². The smallest absolute Gasteiger partial charge is 0.350 e. The van der Waals surface area contributed by atoms with E-state index in [-0.39, 0.29) is 24.5 Å². The molecule has 0 unspecified atom stereocenters. The molecule has 8 heteroatoms. The first-order valence-corrected chi connectivity index (χ1v) is 7.17. The van der Waals surface area contributed by atoms with E-state index in [1.807, 2.05) is 0 Å². The minimum atomic E-state index is -4.56. The van der Waals surface area contributed by atoms with Gasteiger partial charge in [-0.15, -0.1) is 0 Å². The standard InChI is InChI=1S/C16H13F3N4O/c17-16(18,19)15-22-12-5-1-2-6-13(12)23(15)9-8-21-14(24)11-4-3-7-20-10-11/h1-7,10H,8-9H2,(H,21,24). The number of para-hydroxylation sites is 2. The van der Waals surface area contributed by atoms with Crippen molar-refractivity contribution in [3.63, 3.8) is 0 Å². The number of aromatic nitrogens is 3. The van der Waals surface area contributed by atoms with Gasteiger partial charge in [0.15, 0.2) is 0 Å². The number of fused-ring (bicyclic) bond motifs is 1. The first-order valence-electron chi connectivity index (χ1n) is 7.17. The summed E-state index contributed by atoms with van der Waals surface area (Å²) in [4.78, 5) is 19.4. The fourth-order valence-electron chi connectivity index (χ4n) is 2.40. The molecule has 0 atom stereocenters. The Balaban J connectivity index is 1.79. The molecule has 2 aromatic heterocycles. The van der Waals surface area contributed by atoms with Gasteiger partial charge >= 0.3 is 6.18 Å². The third-order valence-electron chi connectivity index (χ3n) is 3.45. The van der Waals surface area contributed by atoms with Crippen molar-refractivity contribution in [1.82, 2.24) is 19.9 Å². The van der Waals surface area contributed by atoms with Gasteiger partial charge in [-0.3, -0.25) is 9.78 Å². The van der Waals surface area contributed by atoms with Crippen molar-refractivity contribution in [2.45, 2.75) is 12.7 Å². The molecule has 0 saturated heterocycles. The van der Waals surface area contributed by atoms with Crippen LogP contribution in [0.15, 0.2) is 48.8 Å². The maximum absolute atomic E-state index is 13.2. The number of alkyl halides is 3. The van der Waals surface area contributed by atoms with Gasteiger partial charge in [0, 0.05) is 25.5 Å². The Bertz CT molecular complexity index is 859. The Morgan fingerprint density at radius 1 is 1.17 bits per heavy atom. The van der Waals surface area contributed by atoms with Crippen molar-refractivity contribution in [2.24, 2.45) is 0 Å². The molecule has 0 radical (unpaired) electrons. The zero-order chi connectivity index (χ0) is 17.2. The number of carbonyl (C=O) groups is 1. The first kappa shape index (κ1) is 16.0. The zero-order valence-corrected chi connectivity index (χ0v) is 12.4. The predicted molar refractivity (Wildman–Crippen MR) is 81.3 cm³/mol. The fourth-order valence-corrected chi connectivity index (χ4v) is 2.40. The van der Waals surface area contributed by atoms with Crippen molar-refractivity contribution in [2.75, 3.05) is 6.54 Å². The molecular formula is C16H13F3N4O. The third-order valence-corrected chi connectivity index (χ3v) is 3.45. The molecule has 0 aliphatic rings. The van der Waals surface area contributed by atoms with Crippen LogP contribution in [0.1, 0.15) is 16.2 Å². The Morgan fingerprint density at radius 2 is 1.96 bits per heavy atom. The average molecular weight is 334 g/mol. The summed E-state index contributed by atoms with van der Waals surface area (Å²) in [6.07, 6.45) is -1.64. The highest BCUT2D eigenvalue weighted by Crippen LogP contribution is 2.31. The Morgan fingerprint density at radius 3 is 2.67 bits per heavy atom. The number of imidazole rings is 1. The number of nitrogens with zero attached hydrogens (tertiary/aromatic N) is 3. The number of pyridine rings is 1. The van der Waals surface area contributed by atoms with E-state index in [9.17, 15) is 18.0 Å². The summed E-state index contributed by atoms with van der Waals surface area (Å²) in [6.45, 7) is -0.00147. The van der Waals surface area contributed by atoms with Crippen molar-refractivity contribution >= 4 is 16.9 Å². The van der Waals surface area contributed by atoms with Gasteiger partial charge in [-0.25, -0.2) is 4.98 Å². The summed E-state index contributed by atoms with van der Waals surface area (Å²) < 4.78 is 40.5. The molecule has 0 aliphatic heterocycles. The van der Waals surface area contributed by atoms with Gasteiger partial charge in [0.1, 0.15) is 0 Å². The van der Waals surface area contributed by atoms with Crippen LogP contribution in [0.3, 0.4) is 0 Å². The van der Waals surface area contributed by atoms with Gasteiger partial charge in [0.25, 0.3) is 5.91 Å². The van der Waals surface area contributed by atoms with E-state index in [2.05, 4.69) is 15.3 Å². The van der Waals surface area contributed by atoms with E-state index in [1.165, 1.54) is 18.5 Å². The van der Waals surface area contributed by atoms with Crippen molar-refractivity contribution < 1.29 is 18.0 Å². The SMILES string of the molecule is O=C(NCCn1c(C(F)(F)F)nc2ccccc21)c1cccnc1. The van der Waals surface area contributed by atoms with Crippen LogP contribution in [0, 0.1) is 0 Å². The highest BCUT2D eigenvalue weighted by Gasteiger charge is 2.37. The summed E-state index contributed by atoms with van der Waals surface area (Å²) in [5.74, 6) is -1.36. The van der Waals surface area contributed by atoms with E-state index in [4.69, 9.17) is 0 Å². The van der Waals surface area contributed by atoms with Crippen LogP contribution < -0.4 is 5.32 Å². The molecule has 0 spiro atoms. The molecular weight excluding hydrogens is 321 g/mol. The normalized spacial score (nSPS) is 11.6. The van der Waals surface area contributed by atoms with Crippen LogP contribution in [0.4, 0.5) is 13.2 Å². The van der Waals surface area contributed by atoms with Crippen LogP contribution in [-0.4, -0.2) is 27.0 Å². The van der Waals surface area contributed by atoms with Crippen LogP contribution in [0.5, 0.6) is 0 Å². The average Bonchev–Trinajstić information content (AvgIpc) is 2.95. The lowest BCUT2D eigenvalue weighted by atomic mass is 10.3. The second-order valence-electron chi connectivity index (χ2n) is 5.07. The van der Waals surface area contributed by atoms with E-state index in [1.54, 1.807) is 30.3 Å². The lowest BCUT2D eigenvalue weighted by Gasteiger charge is -2.12. The molecule has 5 nitrogen and oxygen atoms in total. The highest BCUT2D eigenvalue weighted by atomic mass is 19.4. The highest BCUT2D eigenvalue weighted by molar-refractivity contribution is 5.93. The molecule has 1 amide bonds. The van der Waals surface area contributed by atoms with E-state index in [0.717, 1.165) is 4.57 Å². The van der Waals surface area contributed by atoms with Gasteiger partial charge in [-0.1, -0.05) is 12.1 Å². The maximum atomic E-state index is 13.2. The number of nitrogens with one attached hydrogen (secondary N) is 1. The Hall–Kier alpha value is -2.90. The minimum Gasteiger partial charge on any atom is -0.350 e. The summed E-state index contributed by atoms with van der Waals surface area (Å²) in [6, 6.07) is 9.56. The topological polar surface area (TPSA) is 59.8 Å². The van der Waals surface area contributed by atoms with Gasteiger partial charge in [0.2, 0.25) is 5.82 Å². The lowest BCUT2D eigenvalue weighted by molar-refractivity contribution is -0.146. The number of benzene rings is 1. The molecule has 1 aromatic carbocycles. The van der Waals surface area contributed by atoms with E-state index >= 15 is 0 Å². The zero-order valence-electron chi connectivity index (χ0n) is 12.4. The van der Waals surface area contributed by atoms with E-state index in [0.29, 0.717) is 11.1 Å². The molecule has 1 N–H and O–H groups in total. The Kier molecular flexibility index (Phi) is 4.20. The fraction of sp³-hybridized carbons (Fsp3) is 0.188. The van der Waals surface area contributed by atoms with Crippen molar-refractivity contribution in [1.29, 1.82) is 0 Å². The number of carbonyl (C=O) groups excluding carboxylic acids is 1. The summed E-state index contributed by atoms with van der Waals surface area (Å²) in [5, 5.41) is 2.59. The molecule has 2 heterocycles. The van der Waals surface area contributed by atoms with Crippen molar-refractivity contribution in [3.8, 4) is 0 Å². The number of hydrogen-bond acceptors (Lipinski definition) is 3. The monoisotopic (exact) mass is 334 g/mol. The number of amides is 1. The molecule has 3 aromatic rings. The minimum absolute atomic E-state index is 0.0389. The maximum Gasteiger partial charge on any atom is 0.449 e. The lowest BCUT2D eigenvalue weighted by Crippen LogP contribution is -2.28. The molecule has 0 fully saturated rings. The van der Waals surface area contributed by atoms with Gasteiger partial charge in [0.05, 0.1) is 16.6 Å². The quantitative estimate of drug-likeness (QED) is 0.798. The van der Waals surface area contributed by atoms with Crippen LogP contribution in [0.2, 0.25) is 0 Å². The van der Waals surface area contributed by atoms with Crippen LogP contribution >= 0.6 is 0 Å². The Labute approximate surface area is 135 Å². The van der Waals surface area contributed by atoms with E-state index < -0.39 is 12.0 Å². The second-order valence-corrected chi connectivity index (χ2v) is 5.07. The summed E-state index contributed by atoms with van der Waals surface area (Å²) in [5.41, 5.74) is 0.993. The number of rotatable bonds is 4. The summed E-state index contributed by atoms with van der Waals surface area (Å²) in [7, 11) is 0. The molecule has 0 aliphatic carbocycles.